The number of alkyl halides is 1. The summed E-state index contributed by atoms with van der Waals surface area (Å²) in [5, 5.41) is 11.7. The van der Waals surface area contributed by atoms with Crippen molar-refractivity contribution in [2.24, 2.45) is 0 Å². The summed E-state index contributed by atoms with van der Waals surface area (Å²) in [6.45, 7) is 1.10. The Morgan fingerprint density at radius 2 is 2.38 bits per heavy atom. The van der Waals surface area contributed by atoms with Gasteiger partial charge in [0, 0.05) is 6.54 Å². The van der Waals surface area contributed by atoms with E-state index in [9.17, 15) is 4.39 Å². The van der Waals surface area contributed by atoms with Crippen LogP contribution in [-0.2, 0) is 0 Å². The number of halogens is 1. The van der Waals surface area contributed by atoms with Crippen LogP contribution in [0.15, 0.2) is 24.3 Å². The first kappa shape index (κ1) is 10.9. The quantitative estimate of drug-likeness (QED) is 0.824. The van der Waals surface area contributed by atoms with Crippen molar-refractivity contribution in [3.8, 4) is 11.8 Å². The molecule has 0 unspecified atom stereocenters. The molecule has 0 aromatic heterocycles. The summed E-state index contributed by atoms with van der Waals surface area (Å²) < 4.78 is 19.0. The third-order valence-electron chi connectivity index (χ3n) is 2.60. The number of rotatable bonds is 2. The molecular weight excluding hydrogens is 207 g/mol. The molecule has 4 heteroatoms. The van der Waals surface area contributed by atoms with Gasteiger partial charge in [0.1, 0.15) is 18.0 Å². The van der Waals surface area contributed by atoms with Crippen molar-refractivity contribution in [2.45, 2.75) is 18.7 Å². The summed E-state index contributed by atoms with van der Waals surface area (Å²) in [5.41, 5.74) is 0.529. The van der Waals surface area contributed by atoms with Crippen LogP contribution in [0.3, 0.4) is 0 Å². The molecule has 1 saturated heterocycles. The van der Waals surface area contributed by atoms with Gasteiger partial charge in [-0.3, -0.25) is 0 Å². The van der Waals surface area contributed by atoms with Gasteiger partial charge in [-0.25, -0.2) is 4.39 Å². The van der Waals surface area contributed by atoms with Crippen molar-refractivity contribution in [1.29, 1.82) is 5.26 Å². The van der Waals surface area contributed by atoms with Crippen molar-refractivity contribution in [3.63, 3.8) is 0 Å². The Balaban J connectivity index is 2.05. The lowest BCUT2D eigenvalue weighted by Crippen LogP contribution is -2.44. The number of hydrogen-bond donors (Lipinski definition) is 1. The molecule has 0 spiro atoms. The van der Waals surface area contributed by atoms with Crippen LogP contribution in [0.1, 0.15) is 12.0 Å². The second-order valence-corrected chi connectivity index (χ2v) is 3.80. The molecule has 0 amide bonds. The zero-order valence-electron chi connectivity index (χ0n) is 8.82. The molecule has 1 N–H and O–H groups in total. The number of nitrogens with zero attached hydrogens (tertiary/aromatic N) is 1. The van der Waals surface area contributed by atoms with Crippen molar-refractivity contribution < 1.29 is 9.13 Å². The predicted molar refractivity (Wildman–Crippen MR) is 58.0 cm³/mol. The van der Waals surface area contributed by atoms with Gasteiger partial charge in [0.2, 0.25) is 0 Å². The third kappa shape index (κ3) is 2.50. The van der Waals surface area contributed by atoms with Crippen LogP contribution < -0.4 is 10.1 Å². The molecule has 0 radical (unpaired) electrons. The van der Waals surface area contributed by atoms with E-state index in [2.05, 4.69) is 5.32 Å². The largest absolute Gasteiger partial charge is 0.487 e. The molecule has 1 aromatic rings. The Bertz CT molecular complexity index is 402. The first-order valence-electron chi connectivity index (χ1n) is 5.31. The van der Waals surface area contributed by atoms with E-state index in [0.717, 1.165) is 6.54 Å². The molecule has 1 aliphatic rings. The van der Waals surface area contributed by atoms with E-state index in [1.54, 1.807) is 24.3 Å². The molecule has 2 rings (SSSR count). The average molecular weight is 220 g/mol. The van der Waals surface area contributed by atoms with Crippen LogP contribution in [0, 0.1) is 11.3 Å². The van der Waals surface area contributed by atoms with Gasteiger partial charge in [-0.2, -0.15) is 5.26 Å². The average Bonchev–Trinajstić information content (AvgIpc) is 2.32. The Labute approximate surface area is 93.8 Å². The van der Waals surface area contributed by atoms with E-state index in [1.807, 2.05) is 6.07 Å². The van der Waals surface area contributed by atoms with Gasteiger partial charge < -0.3 is 10.1 Å². The van der Waals surface area contributed by atoms with Gasteiger partial charge in [-0.1, -0.05) is 6.07 Å². The second kappa shape index (κ2) is 4.95. The van der Waals surface area contributed by atoms with Crippen molar-refractivity contribution in [3.05, 3.63) is 29.8 Å². The Kier molecular flexibility index (Phi) is 3.37. The van der Waals surface area contributed by atoms with E-state index < -0.39 is 12.3 Å². The van der Waals surface area contributed by atoms with Crippen LogP contribution in [0.25, 0.3) is 0 Å². The Hall–Kier alpha value is -1.60. The highest BCUT2D eigenvalue weighted by atomic mass is 19.1. The molecular formula is C12H13FN2O. The molecule has 1 aromatic carbocycles. The molecule has 0 bridgehead atoms. The van der Waals surface area contributed by atoms with E-state index >= 15 is 0 Å². The molecule has 3 nitrogen and oxygen atoms in total. The highest BCUT2D eigenvalue weighted by Crippen LogP contribution is 2.19. The van der Waals surface area contributed by atoms with Gasteiger partial charge in [0.05, 0.1) is 11.6 Å². The highest BCUT2D eigenvalue weighted by Gasteiger charge is 2.26. The third-order valence-corrected chi connectivity index (χ3v) is 2.60. The molecule has 1 heterocycles. The van der Waals surface area contributed by atoms with E-state index in [4.69, 9.17) is 10.00 Å². The van der Waals surface area contributed by atoms with Gasteiger partial charge in [0.25, 0.3) is 0 Å². The Morgan fingerprint density at radius 3 is 3.12 bits per heavy atom. The summed E-state index contributed by atoms with van der Waals surface area (Å²) in [4.78, 5) is 0. The standard InChI is InChI=1S/C12H13FN2O/c13-11-8-15-5-4-12(11)16-10-3-1-2-9(6-10)7-14/h1-3,6,11-12,15H,4-5,8H2/t11-,12+/m0/s1. The normalized spacial score (nSPS) is 24.8. The minimum absolute atomic E-state index is 0.336. The molecule has 0 aliphatic carbocycles. The summed E-state index contributed by atoms with van der Waals surface area (Å²) >= 11 is 0. The zero-order valence-corrected chi connectivity index (χ0v) is 8.82. The van der Waals surface area contributed by atoms with Crippen LogP contribution in [0.5, 0.6) is 5.75 Å². The fourth-order valence-corrected chi connectivity index (χ4v) is 1.74. The van der Waals surface area contributed by atoms with Gasteiger partial charge >= 0.3 is 0 Å². The smallest absolute Gasteiger partial charge is 0.149 e. The Morgan fingerprint density at radius 1 is 1.50 bits per heavy atom. The lowest BCUT2D eigenvalue weighted by molar-refractivity contribution is 0.0731. The molecule has 2 atom stereocenters. The maximum atomic E-state index is 13.5. The lowest BCUT2D eigenvalue weighted by Gasteiger charge is -2.27. The van der Waals surface area contributed by atoms with E-state index in [0.29, 0.717) is 24.3 Å². The summed E-state index contributed by atoms with van der Waals surface area (Å²) in [6.07, 6.45) is -0.743. The minimum atomic E-state index is -0.987. The molecule has 1 fully saturated rings. The first-order valence-corrected chi connectivity index (χ1v) is 5.31. The molecule has 16 heavy (non-hydrogen) atoms. The summed E-state index contributed by atoms with van der Waals surface area (Å²) in [6, 6.07) is 8.84. The van der Waals surface area contributed by atoms with Crippen molar-refractivity contribution in [1.82, 2.24) is 5.32 Å². The molecule has 84 valence electrons. The highest BCUT2D eigenvalue weighted by molar-refractivity contribution is 5.36. The number of hydrogen-bond acceptors (Lipinski definition) is 3. The zero-order chi connectivity index (χ0) is 11.4. The first-order chi connectivity index (χ1) is 7.79. The lowest BCUT2D eigenvalue weighted by atomic mass is 10.1. The van der Waals surface area contributed by atoms with Gasteiger partial charge in [-0.05, 0) is 31.2 Å². The van der Waals surface area contributed by atoms with E-state index in [1.165, 1.54) is 0 Å². The second-order valence-electron chi connectivity index (χ2n) is 3.80. The van der Waals surface area contributed by atoms with Crippen molar-refractivity contribution in [2.75, 3.05) is 13.1 Å². The topological polar surface area (TPSA) is 45.0 Å². The number of nitriles is 1. The van der Waals surface area contributed by atoms with Crippen molar-refractivity contribution >= 4 is 0 Å². The molecule has 1 aliphatic heterocycles. The van der Waals surface area contributed by atoms with Crippen LogP contribution >= 0.6 is 0 Å². The fraction of sp³-hybridized carbons (Fsp3) is 0.417. The monoisotopic (exact) mass is 220 g/mol. The fourth-order valence-electron chi connectivity index (χ4n) is 1.74. The van der Waals surface area contributed by atoms with Crippen LogP contribution in [-0.4, -0.2) is 25.4 Å². The summed E-state index contributed by atoms with van der Waals surface area (Å²) in [7, 11) is 0. The number of benzene rings is 1. The van der Waals surface area contributed by atoms with Crippen LogP contribution in [0.2, 0.25) is 0 Å². The maximum absolute atomic E-state index is 13.5. The minimum Gasteiger partial charge on any atom is -0.487 e. The van der Waals surface area contributed by atoms with Crippen LogP contribution in [0.4, 0.5) is 4.39 Å². The SMILES string of the molecule is N#Cc1cccc(O[C@@H]2CCNC[C@@H]2F)c1. The van der Waals surface area contributed by atoms with E-state index in [-0.39, 0.29) is 0 Å². The van der Waals surface area contributed by atoms with Gasteiger partial charge in [-0.15, -0.1) is 0 Å². The number of nitrogens with one attached hydrogen (secondary N) is 1. The molecule has 0 saturated carbocycles. The number of ether oxygens (including phenoxy) is 1. The maximum Gasteiger partial charge on any atom is 0.149 e. The summed E-state index contributed by atoms with van der Waals surface area (Å²) in [5.74, 6) is 0.564. The predicted octanol–water partition coefficient (Wildman–Crippen LogP) is 1.64. The van der Waals surface area contributed by atoms with Gasteiger partial charge in [0.15, 0.2) is 0 Å². The number of piperidine rings is 1.